The maximum absolute atomic E-state index is 14.5. The second kappa shape index (κ2) is 12.5. The first-order valence-electron chi connectivity index (χ1n) is 11.5. The molecule has 0 heterocycles. The van der Waals surface area contributed by atoms with Gasteiger partial charge in [-0.05, 0) is 23.6 Å². The van der Waals surface area contributed by atoms with Crippen molar-refractivity contribution in [3.63, 3.8) is 0 Å². The number of rotatable bonds is 11. The van der Waals surface area contributed by atoms with Crippen LogP contribution in [0.25, 0.3) is 0 Å². The molecule has 0 saturated heterocycles. The second-order valence-electron chi connectivity index (χ2n) is 8.13. The monoisotopic (exact) mass is 446 g/mol. The molecule has 3 rings (SSSR count). The van der Waals surface area contributed by atoms with Crippen LogP contribution in [0.2, 0.25) is 0 Å². The highest BCUT2D eigenvalue weighted by Gasteiger charge is 2.30. The topological polar surface area (TPSA) is 49.4 Å². The van der Waals surface area contributed by atoms with Gasteiger partial charge in [0.05, 0.1) is 6.42 Å². The fourth-order valence-corrected chi connectivity index (χ4v) is 3.74. The zero-order valence-corrected chi connectivity index (χ0v) is 19.0. The van der Waals surface area contributed by atoms with Crippen LogP contribution in [-0.2, 0) is 29.0 Å². The molecule has 4 nitrogen and oxygen atoms in total. The zero-order valence-electron chi connectivity index (χ0n) is 19.0. The molecule has 3 aromatic rings. The molecule has 0 radical (unpaired) electrons. The number of nitrogens with zero attached hydrogens (tertiary/aromatic N) is 1. The van der Waals surface area contributed by atoms with Gasteiger partial charge in [0.1, 0.15) is 11.9 Å². The van der Waals surface area contributed by atoms with Crippen molar-refractivity contribution in [2.45, 2.75) is 45.2 Å². The molecule has 1 atom stereocenters. The lowest BCUT2D eigenvalue weighted by molar-refractivity contribution is -0.140. The number of unbranched alkanes of at least 4 members (excludes halogenated alkanes) is 1. The number of halogens is 1. The molecule has 3 aromatic carbocycles. The Morgan fingerprint density at radius 2 is 1.48 bits per heavy atom. The third-order valence-electron chi connectivity index (χ3n) is 5.60. The Kier molecular flexibility index (Phi) is 9.19. The minimum atomic E-state index is -0.750. The zero-order chi connectivity index (χ0) is 23.5. The Balaban J connectivity index is 1.94. The Morgan fingerprint density at radius 1 is 0.879 bits per heavy atom. The number of nitrogens with one attached hydrogen (secondary N) is 1. The Morgan fingerprint density at radius 3 is 2.12 bits per heavy atom. The summed E-state index contributed by atoms with van der Waals surface area (Å²) in [6.45, 7) is 2.62. The van der Waals surface area contributed by atoms with E-state index in [2.05, 4.69) is 12.2 Å². The van der Waals surface area contributed by atoms with E-state index in [1.165, 1.54) is 11.0 Å². The van der Waals surface area contributed by atoms with Gasteiger partial charge in [-0.3, -0.25) is 9.59 Å². The molecule has 0 fully saturated rings. The second-order valence-corrected chi connectivity index (χ2v) is 8.13. The van der Waals surface area contributed by atoms with Crippen molar-refractivity contribution in [2.24, 2.45) is 0 Å². The third kappa shape index (κ3) is 7.28. The third-order valence-corrected chi connectivity index (χ3v) is 5.60. The van der Waals surface area contributed by atoms with Gasteiger partial charge in [-0.2, -0.15) is 0 Å². The minimum absolute atomic E-state index is 0.0248. The van der Waals surface area contributed by atoms with E-state index < -0.39 is 6.04 Å². The maximum atomic E-state index is 14.5. The lowest BCUT2D eigenvalue weighted by Crippen LogP contribution is -2.51. The Labute approximate surface area is 195 Å². The first kappa shape index (κ1) is 24.2. The summed E-state index contributed by atoms with van der Waals surface area (Å²) < 4.78 is 14.5. The number of amides is 2. The summed E-state index contributed by atoms with van der Waals surface area (Å²) in [4.78, 5) is 28.3. The van der Waals surface area contributed by atoms with E-state index >= 15 is 0 Å². The van der Waals surface area contributed by atoms with Gasteiger partial charge < -0.3 is 10.2 Å². The van der Waals surface area contributed by atoms with Crippen LogP contribution in [0.3, 0.4) is 0 Å². The molecule has 0 bridgehead atoms. The SMILES string of the molecule is CCCCNC(=O)[C@H](Cc1ccccc1)N(Cc1ccccc1F)C(=O)Cc1ccccc1. The van der Waals surface area contributed by atoms with Crippen molar-refractivity contribution in [1.29, 1.82) is 0 Å². The van der Waals surface area contributed by atoms with Crippen molar-refractivity contribution in [3.8, 4) is 0 Å². The van der Waals surface area contributed by atoms with E-state index in [0.29, 0.717) is 18.5 Å². The molecular formula is C28H31FN2O2. The molecule has 0 aromatic heterocycles. The van der Waals surface area contributed by atoms with Gasteiger partial charge in [0, 0.05) is 25.1 Å². The number of carbonyl (C=O) groups is 2. The Hall–Kier alpha value is -3.47. The highest BCUT2D eigenvalue weighted by molar-refractivity contribution is 5.88. The van der Waals surface area contributed by atoms with Crippen LogP contribution in [0.1, 0.15) is 36.5 Å². The maximum Gasteiger partial charge on any atom is 0.243 e. The van der Waals surface area contributed by atoms with Crippen LogP contribution >= 0.6 is 0 Å². The average molecular weight is 447 g/mol. The average Bonchev–Trinajstić information content (AvgIpc) is 2.83. The van der Waals surface area contributed by atoms with Gasteiger partial charge in [0.25, 0.3) is 0 Å². The number of hydrogen-bond acceptors (Lipinski definition) is 2. The van der Waals surface area contributed by atoms with E-state index in [1.807, 2.05) is 60.7 Å². The van der Waals surface area contributed by atoms with Crippen LogP contribution < -0.4 is 5.32 Å². The van der Waals surface area contributed by atoms with Crippen molar-refractivity contribution < 1.29 is 14.0 Å². The van der Waals surface area contributed by atoms with E-state index in [-0.39, 0.29) is 30.6 Å². The molecule has 0 saturated carbocycles. The smallest absolute Gasteiger partial charge is 0.243 e. The molecule has 0 aliphatic carbocycles. The van der Waals surface area contributed by atoms with Gasteiger partial charge in [0.15, 0.2) is 0 Å². The molecule has 0 unspecified atom stereocenters. The van der Waals surface area contributed by atoms with E-state index in [1.54, 1.807) is 18.2 Å². The van der Waals surface area contributed by atoms with Gasteiger partial charge >= 0.3 is 0 Å². The fourth-order valence-electron chi connectivity index (χ4n) is 3.74. The lowest BCUT2D eigenvalue weighted by atomic mass is 10.0. The van der Waals surface area contributed by atoms with Crippen molar-refractivity contribution in [1.82, 2.24) is 10.2 Å². The van der Waals surface area contributed by atoms with Crippen LogP contribution in [0, 0.1) is 5.82 Å². The highest BCUT2D eigenvalue weighted by atomic mass is 19.1. The number of benzene rings is 3. The summed E-state index contributed by atoms with van der Waals surface area (Å²) in [5.41, 5.74) is 2.18. The standard InChI is InChI=1S/C28H31FN2O2/c1-2-3-18-30-28(33)26(19-22-12-6-4-7-13-22)31(21-24-16-10-11-17-25(24)29)27(32)20-23-14-8-5-9-15-23/h4-17,26H,2-3,18-21H2,1H3,(H,30,33)/t26-/m0/s1. The van der Waals surface area contributed by atoms with Crippen LogP contribution in [-0.4, -0.2) is 29.3 Å². The van der Waals surface area contributed by atoms with Crippen molar-refractivity contribution >= 4 is 11.8 Å². The normalized spacial score (nSPS) is 11.6. The molecule has 1 N–H and O–H groups in total. The van der Waals surface area contributed by atoms with Crippen molar-refractivity contribution in [3.05, 3.63) is 107 Å². The van der Waals surface area contributed by atoms with Gasteiger partial charge in [-0.1, -0.05) is 92.2 Å². The van der Waals surface area contributed by atoms with Gasteiger partial charge in [0.2, 0.25) is 11.8 Å². The number of hydrogen-bond donors (Lipinski definition) is 1. The summed E-state index contributed by atoms with van der Waals surface area (Å²) in [6, 6.07) is 24.7. The predicted octanol–water partition coefficient (Wildman–Crippen LogP) is 4.92. The predicted molar refractivity (Wildman–Crippen MR) is 129 cm³/mol. The molecule has 2 amide bonds. The summed E-state index contributed by atoms with van der Waals surface area (Å²) in [5, 5.41) is 2.98. The van der Waals surface area contributed by atoms with Crippen molar-refractivity contribution in [2.75, 3.05) is 6.54 Å². The molecule has 33 heavy (non-hydrogen) atoms. The molecule has 0 aliphatic rings. The van der Waals surface area contributed by atoms with Crippen LogP contribution in [0.4, 0.5) is 4.39 Å². The van der Waals surface area contributed by atoms with E-state index in [9.17, 15) is 14.0 Å². The number of carbonyl (C=O) groups excluding carboxylic acids is 2. The van der Waals surface area contributed by atoms with Gasteiger partial charge in [-0.15, -0.1) is 0 Å². The summed E-state index contributed by atoms with van der Waals surface area (Å²) in [6.07, 6.45) is 2.31. The first-order valence-corrected chi connectivity index (χ1v) is 11.5. The minimum Gasteiger partial charge on any atom is -0.354 e. The van der Waals surface area contributed by atoms with Crippen LogP contribution in [0.15, 0.2) is 84.9 Å². The largest absolute Gasteiger partial charge is 0.354 e. The van der Waals surface area contributed by atoms with Gasteiger partial charge in [-0.25, -0.2) is 4.39 Å². The highest BCUT2D eigenvalue weighted by Crippen LogP contribution is 2.18. The summed E-state index contributed by atoms with van der Waals surface area (Å²) in [7, 11) is 0. The Bertz CT molecular complexity index is 1020. The first-order chi connectivity index (χ1) is 16.1. The fraction of sp³-hybridized carbons (Fsp3) is 0.286. The summed E-state index contributed by atoms with van der Waals surface area (Å²) in [5.74, 6) is -0.819. The lowest BCUT2D eigenvalue weighted by Gasteiger charge is -2.32. The van der Waals surface area contributed by atoms with E-state index in [0.717, 1.165) is 24.0 Å². The quantitative estimate of drug-likeness (QED) is 0.425. The molecular weight excluding hydrogens is 415 g/mol. The molecule has 172 valence electrons. The molecule has 0 spiro atoms. The summed E-state index contributed by atoms with van der Waals surface area (Å²) >= 11 is 0. The molecule has 5 heteroatoms. The molecule has 0 aliphatic heterocycles. The van der Waals surface area contributed by atoms with Crippen LogP contribution in [0.5, 0.6) is 0 Å². The van der Waals surface area contributed by atoms with E-state index in [4.69, 9.17) is 0 Å².